The number of hydrogen-bond acceptors (Lipinski definition) is 6. The number of nitrogens with zero attached hydrogens (tertiary/aromatic N) is 1. The third-order valence-electron chi connectivity index (χ3n) is 6.30. The fourth-order valence-corrected chi connectivity index (χ4v) is 4.49. The number of nitrogens with one attached hydrogen (secondary N) is 2. The Labute approximate surface area is 208 Å². The number of H-pyrrole nitrogens is 1. The molecule has 1 saturated heterocycles. The van der Waals surface area contributed by atoms with Crippen LogP contribution in [0.4, 0.5) is 4.79 Å². The summed E-state index contributed by atoms with van der Waals surface area (Å²) in [6.07, 6.45) is 1.33. The summed E-state index contributed by atoms with van der Waals surface area (Å²) in [7, 11) is 1.64. The molecule has 1 atom stereocenters. The van der Waals surface area contributed by atoms with E-state index in [1.165, 1.54) is 0 Å². The van der Waals surface area contributed by atoms with Crippen LogP contribution in [-0.4, -0.2) is 34.9 Å². The van der Waals surface area contributed by atoms with Crippen LogP contribution in [0.2, 0.25) is 0 Å². The Morgan fingerprint density at radius 1 is 1.03 bits per heavy atom. The number of amides is 2. The molecule has 0 saturated carbocycles. The highest BCUT2D eigenvalue weighted by Gasteiger charge is 2.44. The molecular weight excluding hydrogens is 458 g/mol. The van der Waals surface area contributed by atoms with E-state index in [1.807, 2.05) is 54.6 Å². The van der Waals surface area contributed by atoms with Crippen LogP contribution in [0.5, 0.6) is 17.2 Å². The number of aryl methyl sites for hydroxylation is 1. The quantitative estimate of drug-likeness (QED) is 0.339. The second-order valence-electron chi connectivity index (χ2n) is 9.06. The minimum absolute atomic E-state index is 0.250. The number of aromatic nitrogens is 2. The van der Waals surface area contributed by atoms with Crippen LogP contribution in [-0.2, 0) is 22.4 Å². The van der Waals surface area contributed by atoms with Gasteiger partial charge >= 0.3 is 6.09 Å². The van der Waals surface area contributed by atoms with Gasteiger partial charge in [-0.05, 0) is 66.9 Å². The molecule has 2 amide bonds. The van der Waals surface area contributed by atoms with Gasteiger partial charge in [0.15, 0.2) is 5.60 Å². The predicted octanol–water partition coefficient (Wildman–Crippen LogP) is 5.55. The molecule has 3 aromatic carbocycles. The molecule has 1 aliphatic rings. The Bertz CT molecular complexity index is 1460. The number of benzene rings is 3. The second-order valence-corrected chi connectivity index (χ2v) is 9.06. The molecule has 0 spiro atoms. The van der Waals surface area contributed by atoms with E-state index in [0.29, 0.717) is 5.75 Å². The summed E-state index contributed by atoms with van der Waals surface area (Å²) in [4.78, 5) is 23.6. The van der Waals surface area contributed by atoms with E-state index in [-0.39, 0.29) is 6.42 Å². The second kappa shape index (κ2) is 9.37. The largest absolute Gasteiger partial charge is 0.497 e. The molecule has 5 rings (SSSR count). The van der Waals surface area contributed by atoms with Crippen molar-refractivity contribution in [3.05, 3.63) is 71.8 Å². The maximum absolute atomic E-state index is 12.1. The summed E-state index contributed by atoms with van der Waals surface area (Å²) in [5.74, 6) is 1.74. The first-order chi connectivity index (χ1) is 17.4. The van der Waals surface area contributed by atoms with Crippen molar-refractivity contribution in [2.24, 2.45) is 0 Å². The Morgan fingerprint density at radius 3 is 2.64 bits per heavy atom. The molecule has 2 heterocycles. The summed E-state index contributed by atoms with van der Waals surface area (Å²) in [5, 5.41) is 10.8. The van der Waals surface area contributed by atoms with Crippen LogP contribution in [0.25, 0.3) is 22.2 Å². The smallest absolute Gasteiger partial charge is 0.415 e. The number of ether oxygens (including phenoxy) is 3. The average molecular weight is 486 g/mol. The zero-order chi connectivity index (χ0) is 25.3. The Hall–Kier alpha value is -4.33. The summed E-state index contributed by atoms with van der Waals surface area (Å²) >= 11 is 0. The highest BCUT2D eigenvalue weighted by molar-refractivity contribution is 6.02. The lowest BCUT2D eigenvalue weighted by molar-refractivity contribution is -0.129. The normalized spacial score (nSPS) is 17.2. The molecule has 1 aliphatic heterocycles. The number of carbonyl (C=O) groups is 2. The van der Waals surface area contributed by atoms with E-state index >= 15 is 0 Å². The van der Waals surface area contributed by atoms with Crippen molar-refractivity contribution in [1.82, 2.24) is 15.5 Å². The molecule has 4 aromatic rings. The van der Waals surface area contributed by atoms with Gasteiger partial charge in [0, 0.05) is 23.4 Å². The molecule has 0 aliphatic carbocycles. The Morgan fingerprint density at radius 2 is 1.89 bits per heavy atom. The number of methoxy groups -OCH3 is 1. The van der Waals surface area contributed by atoms with E-state index in [9.17, 15) is 9.59 Å². The fraction of sp³-hybridized carbons (Fsp3) is 0.250. The minimum Gasteiger partial charge on any atom is -0.497 e. The number of carbonyl (C=O) groups excluding carboxylic acids is 2. The van der Waals surface area contributed by atoms with Crippen LogP contribution in [0, 0.1) is 0 Å². The van der Waals surface area contributed by atoms with Crippen LogP contribution in [0.15, 0.2) is 60.7 Å². The zero-order valence-corrected chi connectivity index (χ0v) is 20.4. The number of cyclic esters (lactones) is 1. The van der Waals surface area contributed by atoms with Crippen LogP contribution >= 0.6 is 0 Å². The van der Waals surface area contributed by atoms with Gasteiger partial charge in [-0.25, -0.2) is 4.79 Å². The van der Waals surface area contributed by atoms with Gasteiger partial charge in [-0.1, -0.05) is 25.5 Å². The summed E-state index contributed by atoms with van der Waals surface area (Å²) in [5.41, 5.74) is 3.44. The van der Waals surface area contributed by atoms with Crippen molar-refractivity contribution in [2.45, 2.75) is 38.7 Å². The molecule has 2 N–H and O–H groups in total. The molecule has 8 nitrogen and oxygen atoms in total. The van der Waals surface area contributed by atoms with Crippen molar-refractivity contribution < 1.29 is 23.8 Å². The summed E-state index contributed by atoms with van der Waals surface area (Å²) in [6, 6.07) is 19.4. The third-order valence-corrected chi connectivity index (χ3v) is 6.30. The van der Waals surface area contributed by atoms with Gasteiger partial charge in [0.05, 0.1) is 18.3 Å². The van der Waals surface area contributed by atoms with Crippen molar-refractivity contribution in [3.8, 4) is 28.5 Å². The summed E-state index contributed by atoms with van der Waals surface area (Å²) < 4.78 is 16.8. The first-order valence-electron chi connectivity index (χ1n) is 11.8. The van der Waals surface area contributed by atoms with E-state index in [1.54, 1.807) is 14.0 Å². The lowest BCUT2D eigenvalue weighted by Gasteiger charge is -2.19. The highest BCUT2D eigenvalue weighted by atomic mass is 16.6. The average Bonchev–Trinajstić information content (AvgIpc) is 3.39. The first kappa shape index (κ1) is 23.4. The van der Waals surface area contributed by atoms with Gasteiger partial charge in [-0.3, -0.25) is 15.2 Å². The van der Waals surface area contributed by atoms with E-state index in [2.05, 4.69) is 28.5 Å². The number of rotatable bonds is 8. The SMILES string of the molecule is CCCc1cc(-c2n[nH]c3cc(OC)ccc23)ccc1Oc1cccc(C[C@@]2(C)OC(=O)NC2=O)c1. The van der Waals surface area contributed by atoms with Gasteiger partial charge in [-0.2, -0.15) is 5.10 Å². The number of fused-ring (bicyclic) bond motifs is 1. The molecule has 1 aromatic heterocycles. The molecular formula is C28H27N3O5. The highest BCUT2D eigenvalue weighted by Crippen LogP contribution is 2.34. The number of aromatic amines is 1. The van der Waals surface area contributed by atoms with Gasteiger partial charge < -0.3 is 14.2 Å². The van der Waals surface area contributed by atoms with E-state index in [0.717, 1.165) is 57.6 Å². The lowest BCUT2D eigenvalue weighted by atomic mass is 9.96. The maximum Gasteiger partial charge on any atom is 0.415 e. The van der Waals surface area contributed by atoms with Crippen LogP contribution < -0.4 is 14.8 Å². The monoisotopic (exact) mass is 485 g/mol. The van der Waals surface area contributed by atoms with Gasteiger partial charge in [0.2, 0.25) is 0 Å². The third kappa shape index (κ3) is 4.49. The van der Waals surface area contributed by atoms with E-state index in [4.69, 9.17) is 14.2 Å². The lowest BCUT2D eigenvalue weighted by Crippen LogP contribution is -2.38. The molecule has 8 heteroatoms. The standard InChI is InChI=1S/C28H27N3O5/c1-4-6-18-14-19(25-22-11-10-20(34-3)15-23(22)30-31-25)9-12-24(18)35-21-8-5-7-17(13-21)16-28(2)26(32)29-27(33)36-28/h5,7-15H,4,6,16H2,1-3H3,(H,30,31)(H,29,32,33)/t28-/m1/s1. The topological polar surface area (TPSA) is 103 Å². The first-order valence-corrected chi connectivity index (χ1v) is 11.8. The van der Waals surface area contributed by atoms with E-state index < -0.39 is 17.6 Å². The minimum atomic E-state index is -1.24. The van der Waals surface area contributed by atoms with Crippen LogP contribution in [0.1, 0.15) is 31.4 Å². The van der Waals surface area contributed by atoms with Gasteiger partial charge in [0.1, 0.15) is 17.2 Å². The molecule has 184 valence electrons. The molecule has 0 unspecified atom stereocenters. The van der Waals surface area contributed by atoms with Crippen molar-refractivity contribution >= 4 is 22.9 Å². The molecule has 0 bridgehead atoms. The fourth-order valence-electron chi connectivity index (χ4n) is 4.49. The molecule has 36 heavy (non-hydrogen) atoms. The number of alkyl carbamates (subject to hydrolysis) is 1. The molecule has 0 radical (unpaired) electrons. The van der Waals surface area contributed by atoms with Gasteiger partial charge in [-0.15, -0.1) is 0 Å². The summed E-state index contributed by atoms with van der Waals surface area (Å²) in [6.45, 7) is 3.73. The Balaban J connectivity index is 1.41. The Kier molecular flexibility index (Phi) is 6.10. The predicted molar refractivity (Wildman–Crippen MR) is 135 cm³/mol. The van der Waals surface area contributed by atoms with Crippen molar-refractivity contribution in [2.75, 3.05) is 7.11 Å². The van der Waals surface area contributed by atoms with Crippen molar-refractivity contribution in [1.29, 1.82) is 0 Å². The molecule has 1 fully saturated rings. The van der Waals surface area contributed by atoms with Crippen LogP contribution in [0.3, 0.4) is 0 Å². The maximum atomic E-state index is 12.1. The zero-order valence-electron chi connectivity index (χ0n) is 20.4. The van der Waals surface area contributed by atoms with Gasteiger partial charge in [0.25, 0.3) is 5.91 Å². The number of hydrogen-bond donors (Lipinski definition) is 2. The number of imide groups is 1. The van der Waals surface area contributed by atoms with Crippen molar-refractivity contribution in [3.63, 3.8) is 0 Å².